The fourth-order valence-electron chi connectivity index (χ4n) is 2.37. The van der Waals surface area contributed by atoms with Crippen LogP contribution in [0.3, 0.4) is 0 Å². The van der Waals surface area contributed by atoms with Crippen LogP contribution < -0.4 is 4.90 Å². The zero-order chi connectivity index (χ0) is 9.38. The molecular formula is C11H13N2O. The highest BCUT2D eigenvalue weighted by molar-refractivity contribution is 5.39. The Morgan fingerprint density at radius 2 is 2.14 bits per heavy atom. The Morgan fingerprint density at radius 1 is 1.36 bits per heavy atom. The molecule has 3 nitrogen and oxygen atoms in total. The van der Waals surface area contributed by atoms with Crippen LogP contribution >= 0.6 is 0 Å². The Balaban J connectivity index is 1.77. The molecule has 3 rings (SSSR count). The zero-order valence-corrected chi connectivity index (χ0v) is 8.02. The second-order valence-corrected chi connectivity index (χ2v) is 4.08. The van der Waals surface area contributed by atoms with Gasteiger partial charge in [0, 0.05) is 37.2 Å². The summed E-state index contributed by atoms with van der Waals surface area (Å²) in [6.45, 7) is 4.06. The molecule has 2 atom stereocenters. The smallest absolute Gasteiger partial charge is 0.128 e. The molecule has 1 aromatic rings. The molecule has 73 valence electrons. The van der Waals surface area contributed by atoms with Crippen molar-refractivity contribution in [1.82, 2.24) is 4.98 Å². The summed E-state index contributed by atoms with van der Waals surface area (Å²) in [5, 5.41) is 0. The summed E-state index contributed by atoms with van der Waals surface area (Å²) >= 11 is 0. The van der Waals surface area contributed by atoms with Crippen molar-refractivity contribution in [3.8, 4) is 0 Å². The minimum atomic E-state index is 0.723. The minimum absolute atomic E-state index is 0.723. The van der Waals surface area contributed by atoms with Crippen LogP contribution in [0.15, 0.2) is 18.3 Å². The van der Waals surface area contributed by atoms with Gasteiger partial charge in [-0.05, 0) is 12.1 Å². The molecule has 2 aliphatic rings. The summed E-state index contributed by atoms with van der Waals surface area (Å²) in [6.07, 6.45) is 1.74. The maximum Gasteiger partial charge on any atom is 0.128 e. The molecule has 2 unspecified atom stereocenters. The monoisotopic (exact) mass is 189 g/mol. The molecule has 1 aromatic heterocycles. The lowest BCUT2D eigenvalue weighted by atomic mass is 10.0. The zero-order valence-electron chi connectivity index (χ0n) is 8.02. The van der Waals surface area contributed by atoms with Crippen LogP contribution in [0.1, 0.15) is 0 Å². The van der Waals surface area contributed by atoms with Gasteiger partial charge in [-0.1, -0.05) is 0 Å². The van der Waals surface area contributed by atoms with E-state index in [1.807, 2.05) is 12.1 Å². The molecule has 0 N–H and O–H groups in total. The number of aromatic nitrogens is 1. The second-order valence-electron chi connectivity index (χ2n) is 4.08. The van der Waals surface area contributed by atoms with Crippen LogP contribution in [0.2, 0.25) is 0 Å². The van der Waals surface area contributed by atoms with Crippen LogP contribution in [-0.2, 0) is 4.74 Å². The third kappa shape index (κ3) is 1.28. The predicted octanol–water partition coefficient (Wildman–Crippen LogP) is 0.964. The van der Waals surface area contributed by atoms with Crippen LogP contribution in [-0.4, -0.2) is 31.3 Å². The Morgan fingerprint density at radius 3 is 2.79 bits per heavy atom. The first-order valence-corrected chi connectivity index (χ1v) is 5.08. The van der Waals surface area contributed by atoms with E-state index in [1.165, 1.54) is 0 Å². The summed E-state index contributed by atoms with van der Waals surface area (Å²) in [5.74, 6) is 2.53. The molecule has 2 fully saturated rings. The van der Waals surface area contributed by atoms with Gasteiger partial charge in [0.2, 0.25) is 0 Å². The van der Waals surface area contributed by atoms with E-state index in [1.54, 1.807) is 6.20 Å². The summed E-state index contributed by atoms with van der Waals surface area (Å²) in [4.78, 5) is 6.67. The topological polar surface area (TPSA) is 25.4 Å². The normalized spacial score (nSPS) is 30.7. The molecule has 3 heterocycles. The number of nitrogens with zero attached hydrogens (tertiary/aromatic N) is 2. The molecule has 14 heavy (non-hydrogen) atoms. The lowest BCUT2D eigenvalue weighted by Crippen LogP contribution is -2.22. The van der Waals surface area contributed by atoms with Gasteiger partial charge in [0.1, 0.15) is 5.82 Å². The highest BCUT2D eigenvalue weighted by Gasteiger charge is 2.37. The maximum atomic E-state index is 5.44. The number of pyridine rings is 1. The van der Waals surface area contributed by atoms with Gasteiger partial charge >= 0.3 is 0 Å². The van der Waals surface area contributed by atoms with Crippen molar-refractivity contribution in [1.29, 1.82) is 0 Å². The van der Waals surface area contributed by atoms with E-state index in [-0.39, 0.29) is 0 Å². The van der Waals surface area contributed by atoms with E-state index >= 15 is 0 Å². The van der Waals surface area contributed by atoms with E-state index in [4.69, 9.17) is 4.74 Å². The molecule has 2 aliphatic heterocycles. The lowest BCUT2D eigenvalue weighted by Gasteiger charge is -2.17. The van der Waals surface area contributed by atoms with Crippen molar-refractivity contribution in [2.75, 3.05) is 31.2 Å². The van der Waals surface area contributed by atoms with Crippen LogP contribution in [0, 0.1) is 17.9 Å². The lowest BCUT2D eigenvalue weighted by molar-refractivity contribution is 0.177. The van der Waals surface area contributed by atoms with Gasteiger partial charge in [0.05, 0.1) is 13.2 Å². The van der Waals surface area contributed by atoms with Gasteiger partial charge in [0.25, 0.3) is 0 Å². The molecule has 0 saturated carbocycles. The molecule has 0 spiro atoms. The maximum absolute atomic E-state index is 5.44. The highest BCUT2D eigenvalue weighted by atomic mass is 16.5. The first-order chi connectivity index (χ1) is 6.93. The molecule has 3 heteroatoms. The van der Waals surface area contributed by atoms with E-state index in [2.05, 4.69) is 16.0 Å². The number of hydrogen-bond donors (Lipinski definition) is 0. The quantitative estimate of drug-likeness (QED) is 0.658. The van der Waals surface area contributed by atoms with Crippen molar-refractivity contribution in [2.45, 2.75) is 0 Å². The van der Waals surface area contributed by atoms with E-state index in [9.17, 15) is 0 Å². The molecule has 0 aliphatic carbocycles. The first-order valence-electron chi connectivity index (χ1n) is 5.08. The third-order valence-electron chi connectivity index (χ3n) is 3.16. The molecule has 1 radical (unpaired) electrons. The van der Waals surface area contributed by atoms with Gasteiger partial charge in [0.15, 0.2) is 0 Å². The summed E-state index contributed by atoms with van der Waals surface area (Å²) < 4.78 is 5.44. The van der Waals surface area contributed by atoms with Crippen molar-refractivity contribution < 1.29 is 4.74 Å². The van der Waals surface area contributed by atoms with E-state index < -0.39 is 0 Å². The SMILES string of the molecule is [c]1ccc(N2CC3COCC3C2)nc1. The Labute approximate surface area is 83.7 Å². The summed E-state index contributed by atoms with van der Waals surface area (Å²) in [6, 6.07) is 6.90. The molecular weight excluding hydrogens is 176 g/mol. The van der Waals surface area contributed by atoms with Gasteiger partial charge in [-0.15, -0.1) is 0 Å². The van der Waals surface area contributed by atoms with Crippen molar-refractivity contribution >= 4 is 5.82 Å². The Bertz CT molecular complexity index is 302. The van der Waals surface area contributed by atoms with Crippen molar-refractivity contribution in [2.24, 2.45) is 11.8 Å². The fraction of sp³-hybridized carbons (Fsp3) is 0.545. The van der Waals surface area contributed by atoms with Crippen molar-refractivity contribution in [3.05, 3.63) is 24.4 Å². The van der Waals surface area contributed by atoms with Gasteiger partial charge in [-0.25, -0.2) is 4.98 Å². The van der Waals surface area contributed by atoms with Crippen LogP contribution in [0.5, 0.6) is 0 Å². The van der Waals surface area contributed by atoms with Crippen LogP contribution in [0.25, 0.3) is 0 Å². The Hall–Kier alpha value is -1.09. The molecule has 0 aromatic carbocycles. The van der Waals surface area contributed by atoms with Gasteiger partial charge in [-0.3, -0.25) is 0 Å². The summed E-state index contributed by atoms with van der Waals surface area (Å²) in [7, 11) is 0. The number of hydrogen-bond acceptors (Lipinski definition) is 3. The highest BCUT2D eigenvalue weighted by Crippen LogP contribution is 2.31. The minimum Gasteiger partial charge on any atom is -0.381 e. The van der Waals surface area contributed by atoms with Gasteiger partial charge < -0.3 is 9.64 Å². The predicted molar refractivity (Wildman–Crippen MR) is 53.1 cm³/mol. The Kier molecular flexibility index (Phi) is 1.91. The van der Waals surface area contributed by atoms with E-state index in [0.29, 0.717) is 0 Å². The number of fused-ring (bicyclic) bond motifs is 1. The molecule has 0 bridgehead atoms. The molecule has 2 saturated heterocycles. The first kappa shape index (κ1) is 8.24. The third-order valence-corrected chi connectivity index (χ3v) is 3.16. The van der Waals surface area contributed by atoms with Gasteiger partial charge in [-0.2, -0.15) is 0 Å². The number of anilines is 1. The number of ether oxygens (including phenoxy) is 1. The van der Waals surface area contributed by atoms with E-state index in [0.717, 1.165) is 44.0 Å². The molecule has 0 amide bonds. The summed E-state index contributed by atoms with van der Waals surface area (Å²) in [5.41, 5.74) is 0. The fourth-order valence-corrected chi connectivity index (χ4v) is 2.37. The average Bonchev–Trinajstić information content (AvgIpc) is 2.78. The second kappa shape index (κ2) is 3.24. The van der Waals surface area contributed by atoms with Crippen molar-refractivity contribution in [3.63, 3.8) is 0 Å². The number of rotatable bonds is 1. The van der Waals surface area contributed by atoms with Crippen LogP contribution in [0.4, 0.5) is 5.82 Å². The average molecular weight is 189 g/mol. The standard InChI is InChI=1S/C11H13N2O/c1-2-4-12-11(3-1)13-5-9-7-14-8-10(9)6-13/h1,3-4,9-10H,5-8H2. The largest absolute Gasteiger partial charge is 0.381 e.